The van der Waals surface area contributed by atoms with Crippen molar-refractivity contribution >= 4 is 5.91 Å². The predicted octanol–water partition coefficient (Wildman–Crippen LogP) is 3.54. The van der Waals surface area contributed by atoms with Crippen molar-refractivity contribution in [1.82, 2.24) is 14.9 Å². The highest BCUT2D eigenvalue weighted by Crippen LogP contribution is 2.51. The molecule has 1 saturated carbocycles. The molecule has 0 spiro atoms. The van der Waals surface area contributed by atoms with E-state index in [1.807, 2.05) is 55.5 Å². The molecule has 1 fully saturated rings. The SMILES string of the molecule is C[C@H](C(=O)N1CCc2nc(C3(c4ccccc4)CC3)[nH]c(=O)c2C1)c1ccccc1. The van der Waals surface area contributed by atoms with Gasteiger partial charge in [-0.15, -0.1) is 0 Å². The summed E-state index contributed by atoms with van der Waals surface area (Å²) in [5.41, 5.74) is 3.40. The zero-order valence-electron chi connectivity index (χ0n) is 17.1. The number of aromatic amines is 1. The standard InChI is InChI=1S/C25H25N3O2/c1-17(18-8-4-2-5-9-18)23(30)28-15-12-21-20(16-28)22(29)27-24(26-21)25(13-14-25)19-10-6-3-7-11-19/h2-11,17H,12-16H2,1H3,(H,26,27,29)/t17-/m0/s1. The summed E-state index contributed by atoms with van der Waals surface area (Å²) in [6.45, 7) is 2.85. The number of aromatic nitrogens is 2. The molecular formula is C25H25N3O2. The first-order valence-electron chi connectivity index (χ1n) is 10.6. The van der Waals surface area contributed by atoms with Gasteiger partial charge in [0.05, 0.1) is 29.1 Å². The molecule has 0 radical (unpaired) electrons. The van der Waals surface area contributed by atoms with E-state index < -0.39 is 0 Å². The first-order valence-corrected chi connectivity index (χ1v) is 10.6. The van der Waals surface area contributed by atoms with Crippen LogP contribution in [0.1, 0.15) is 53.9 Å². The van der Waals surface area contributed by atoms with Crippen LogP contribution in [0.3, 0.4) is 0 Å². The van der Waals surface area contributed by atoms with E-state index in [4.69, 9.17) is 4.98 Å². The number of amides is 1. The molecule has 1 aromatic heterocycles. The molecule has 3 aromatic rings. The fourth-order valence-electron chi connectivity index (χ4n) is 4.54. The molecule has 2 heterocycles. The zero-order chi connectivity index (χ0) is 20.7. The number of carbonyl (C=O) groups excluding carboxylic acids is 1. The number of benzene rings is 2. The number of hydrogen-bond acceptors (Lipinski definition) is 3. The molecule has 0 saturated heterocycles. The third kappa shape index (κ3) is 3.15. The lowest BCUT2D eigenvalue weighted by atomic mass is 9.94. The summed E-state index contributed by atoms with van der Waals surface area (Å²) >= 11 is 0. The van der Waals surface area contributed by atoms with Crippen LogP contribution in [0.2, 0.25) is 0 Å². The first-order chi connectivity index (χ1) is 14.6. The first kappa shape index (κ1) is 18.8. The number of H-pyrrole nitrogens is 1. The number of nitrogens with one attached hydrogen (secondary N) is 1. The van der Waals surface area contributed by atoms with Gasteiger partial charge in [0.15, 0.2) is 0 Å². The van der Waals surface area contributed by atoms with E-state index >= 15 is 0 Å². The maximum absolute atomic E-state index is 13.0. The van der Waals surface area contributed by atoms with Crippen molar-refractivity contribution < 1.29 is 4.79 Å². The lowest BCUT2D eigenvalue weighted by molar-refractivity contribution is -0.133. The van der Waals surface area contributed by atoms with E-state index in [-0.39, 0.29) is 22.8 Å². The molecule has 30 heavy (non-hydrogen) atoms. The minimum absolute atomic E-state index is 0.0540. The molecule has 1 aliphatic carbocycles. The maximum atomic E-state index is 13.0. The number of hydrogen-bond donors (Lipinski definition) is 1. The number of fused-ring (bicyclic) bond motifs is 1. The van der Waals surface area contributed by atoms with Crippen LogP contribution in [0, 0.1) is 0 Å². The van der Waals surface area contributed by atoms with Gasteiger partial charge in [0, 0.05) is 13.0 Å². The van der Waals surface area contributed by atoms with Crippen LogP contribution in [0.4, 0.5) is 0 Å². The fraction of sp³-hybridized carbons (Fsp3) is 0.320. The average Bonchev–Trinajstić information content (AvgIpc) is 3.61. The second kappa shape index (κ2) is 7.24. The summed E-state index contributed by atoms with van der Waals surface area (Å²) in [6, 6.07) is 20.1. The molecule has 1 aliphatic heterocycles. The highest BCUT2D eigenvalue weighted by Gasteiger charge is 2.48. The lowest BCUT2D eigenvalue weighted by Crippen LogP contribution is -2.42. The van der Waals surface area contributed by atoms with Crippen LogP contribution < -0.4 is 5.56 Å². The molecule has 0 bridgehead atoms. The normalized spacial score (nSPS) is 17.8. The molecular weight excluding hydrogens is 374 g/mol. The Bertz CT molecular complexity index is 1130. The van der Waals surface area contributed by atoms with Gasteiger partial charge in [-0.25, -0.2) is 4.98 Å². The second-order valence-electron chi connectivity index (χ2n) is 8.43. The Labute approximate surface area is 175 Å². The van der Waals surface area contributed by atoms with E-state index in [1.54, 1.807) is 4.90 Å². The summed E-state index contributed by atoms with van der Waals surface area (Å²) in [7, 11) is 0. The molecule has 5 nitrogen and oxygen atoms in total. The van der Waals surface area contributed by atoms with Gasteiger partial charge < -0.3 is 9.88 Å². The van der Waals surface area contributed by atoms with Crippen LogP contribution in [0.25, 0.3) is 0 Å². The smallest absolute Gasteiger partial charge is 0.256 e. The van der Waals surface area contributed by atoms with Gasteiger partial charge in [0.25, 0.3) is 5.56 Å². The molecule has 5 heteroatoms. The number of carbonyl (C=O) groups is 1. The largest absolute Gasteiger partial charge is 0.337 e. The van der Waals surface area contributed by atoms with Crippen molar-refractivity contribution in [3.05, 3.63) is 99.2 Å². The van der Waals surface area contributed by atoms with Gasteiger partial charge in [-0.05, 0) is 30.9 Å². The van der Waals surface area contributed by atoms with Crippen LogP contribution in [0.5, 0.6) is 0 Å². The van der Waals surface area contributed by atoms with Gasteiger partial charge in [0.1, 0.15) is 5.82 Å². The van der Waals surface area contributed by atoms with Gasteiger partial charge >= 0.3 is 0 Å². The highest BCUT2D eigenvalue weighted by molar-refractivity contribution is 5.83. The van der Waals surface area contributed by atoms with E-state index in [0.717, 1.165) is 29.9 Å². The highest BCUT2D eigenvalue weighted by atomic mass is 16.2. The minimum atomic E-state index is -0.230. The third-order valence-corrected chi connectivity index (χ3v) is 6.58. The van der Waals surface area contributed by atoms with Gasteiger partial charge in [-0.1, -0.05) is 60.7 Å². The van der Waals surface area contributed by atoms with Gasteiger partial charge in [-0.3, -0.25) is 9.59 Å². The molecule has 152 valence electrons. The van der Waals surface area contributed by atoms with Crippen LogP contribution in [0.15, 0.2) is 65.5 Å². The maximum Gasteiger partial charge on any atom is 0.256 e. The topological polar surface area (TPSA) is 66.1 Å². The summed E-state index contributed by atoms with van der Waals surface area (Å²) < 4.78 is 0. The van der Waals surface area contributed by atoms with Crippen molar-refractivity contribution in [1.29, 1.82) is 0 Å². The molecule has 2 aliphatic rings. The fourth-order valence-corrected chi connectivity index (χ4v) is 4.54. The molecule has 1 N–H and O–H groups in total. The summed E-state index contributed by atoms with van der Waals surface area (Å²) in [5.74, 6) is 0.597. The van der Waals surface area contributed by atoms with Gasteiger partial charge in [0.2, 0.25) is 5.91 Å². The van der Waals surface area contributed by atoms with Crippen LogP contribution >= 0.6 is 0 Å². The van der Waals surface area contributed by atoms with E-state index in [2.05, 4.69) is 17.1 Å². The Morgan fingerprint density at radius 2 is 1.73 bits per heavy atom. The third-order valence-electron chi connectivity index (χ3n) is 6.58. The van der Waals surface area contributed by atoms with Gasteiger partial charge in [-0.2, -0.15) is 0 Å². The summed E-state index contributed by atoms with van der Waals surface area (Å²) in [4.78, 5) is 35.7. The Morgan fingerprint density at radius 1 is 1.07 bits per heavy atom. The van der Waals surface area contributed by atoms with Crippen LogP contribution in [-0.2, 0) is 23.2 Å². The van der Waals surface area contributed by atoms with E-state index in [0.29, 0.717) is 25.1 Å². The predicted molar refractivity (Wildman–Crippen MR) is 115 cm³/mol. The molecule has 1 amide bonds. The summed E-state index contributed by atoms with van der Waals surface area (Å²) in [6.07, 6.45) is 2.61. The Hall–Kier alpha value is -3.21. The van der Waals surface area contributed by atoms with Crippen molar-refractivity contribution in [3.63, 3.8) is 0 Å². The van der Waals surface area contributed by atoms with Crippen LogP contribution in [-0.4, -0.2) is 27.3 Å². The molecule has 1 atom stereocenters. The zero-order valence-corrected chi connectivity index (χ0v) is 17.1. The van der Waals surface area contributed by atoms with Crippen molar-refractivity contribution in [2.24, 2.45) is 0 Å². The average molecular weight is 399 g/mol. The monoisotopic (exact) mass is 399 g/mol. The quantitative estimate of drug-likeness (QED) is 0.730. The number of nitrogens with zero attached hydrogens (tertiary/aromatic N) is 2. The Kier molecular flexibility index (Phi) is 4.54. The van der Waals surface area contributed by atoms with Crippen molar-refractivity contribution in [2.75, 3.05) is 6.54 Å². The Balaban J connectivity index is 1.41. The van der Waals surface area contributed by atoms with E-state index in [1.165, 1.54) is 5.56 Å². The lowest BCUT2D eigenvalue weighted by Gasteiger charge is -2.30. The van der Waals surface area contributed by atoms with E-state index in [9.17, 15) is 9.59 Å². The molecule has 5 rings (SSSR count). The summed E-state index contributed by atoms with van der Waals surface area (Å²) in [5, 5.41) is 0. The van der Waals surface area contributed by atoms with Crippen molar-refractivity contribution in [3.8, 4) is 0 Å². The second-order valence-corrected chi connectivity index (χ2v) is 8.43. The van der Waals surface area contributed by atoms with Crippen molar-refractivity contribution in [2.45, 2.75) is 44.1 Å². The number of rotatable bonds is 4. The minimum Gasteiger partial charge on any atom is -0.337 e. The Morgan fingerprint density at radius 3 is 2.40 bits per heavy atom. The molecule has 0 unspecified atom stereocenters. The molecule has 2 aromatic carbocycles.